The van der Waals surface area contributed by atoms with Crippen LogP contribution in [0.4, 0.5) is 0 Å². The molecule has 0 radical (unpaired) electrons. The number of hydrogen-bond donors (Lipinski definition) is 1. The molecule has 2 rings (SSSR count). The van der Waals surface area contributed by atoms with E-state index in [9.17, 15) is 9.59 Å². The summed E-state index contributed by atoms with van der Waals surface area (Å²) in [6, 6.07) is 9.72. The molecule has 4 nitrogen and oxygen atoms in total. The smallest absolute Gasteiger partial charge is 0.304 e. The number of hydrogen-bond acceptors (Lipinski definition) is 2. The van der Waals surface area contributed by atoms with Crippen LogP contribution in [0.2, 0.25) is 0 Å². The van der Waals surface area contributed by atoms with Crippen LogP contribution in [0.1, 0.15) is 18.9 Å². The summed E-state index contributed by atoms with van der Waals surface area (Å²) in [4.78, 5) is 25.1. The van der Waals surface area contributed by atoms with E-state index in [4.69, 9.17) is 5.11 Å². The first-order valence-electron chi connectivity index (χ1n) is 6.69. The quantitative estimate of drug-likeness (QED) is 0.838. The fraction of sp³-hybridized carbons (Fsp3) is 0.375. The molecule has 20 heavy (non-hydrogen) atoms. The topological polar surface area (TPSA) is 57.6 Å². The third-order valence-electron chi connectivity index (χ3n) is 3.78. The van der Waals surface area contributed by atoms with Gasteiger partial charge in [0.1, 0.15) is 0 Å². The van der Waals surface area contributed by atoms with Gasteiger partial charge in [-0.1, -0.05) is 42.5 Å². The molecular weight excluding hydrogens is 254 g/mol. The molecule has 1 amide bonds. The Bertz CT molecular complexity index is 524. The van der Waals surface area contributed by atoms with Crippen molar-refractivity contribution < 1.29 is 14.7 Å². The monoisotopic (exact) mass is 273 g/mol. The van der Waals surface area contributed by atoms with Crippen molar-refractivity contribution >= 4 is 11.9 Å². The van der Waals surface area contributed by atoms with Gasteiger partial charge in [-0.05, 0) is 12.5 Å². The summed E-state index contributed by atoms with van der Waals surface area (Å²) in [6.45, 7) is 6.84. The third kappa shape index (κ3) is 3.07. The minimum Gasteiger partial charge on any atom is -0.481 e. The van der Waals surface area contributed by atoms with Crippen LogP contribution in [0.3, 0.4) is 0 Å². The standard InChI is InChI=1S/C16H19NO3/c1-11(2)14-10-17(9-12-6-4-3-5-7-12)16(20)13(14)8-15(18)19/h3-7,13-14H,1,8-10H2,2H3,(H,18,19)/t13-,14+/m0/s1. The predicted molar refractivity (Wildman–Crippen MR) is 75.9 cm³/mol. The molecule has 1 saturated heterocycles. The summed E-state index contributed by atoms with van der Waals surface area (Å²) >= 11 is 0. The molecule has 2 atom stereocenters. The highest BCUT2D eigenvalue weighted by atomic mass is 16.4. The zero-order chi connectivity index (χ0) is 14.7. The van der Waals surface area contributed by atoms with E-state index in [1.54, 1.807) is 4.90 Å². The molecule has 0 saturated carbocycles. The highest BCUT2D eigenvalue weighted by molar-refractivity contribution is 5.86. The molecule has 1 aliphatic heterocycles. The molecule has 1 aromatic rings. The lowest BCUT2D eigenvalue weighted by atomic mass is 9.88. The van der Waals surface area contributed by atoms with E-state index in [0.717, 1.165) is 11.1 Å². The number of rotatable bonds is 5. The van der Waals surface area contributed by atoms with Gasteiger partial charge in [0.15, 0.2) is 0 Å². The number of nitrogens with zero attached hydrogens (tertiary/aromatic N) is 1. The first-order chi connectivity index (χ1) is 9.49. The Morgan fingerprint density at radius 3 is 2.60 bits per heavy atom. The van der Waals surface area contributed by atoms with Crippen molar-refractivity contribution in [3.63, 3.8) is 0 Å². The van der Waals surface area contributed by atoms with E-state index in [1.165, 1.54) is 0 Å². The van der Waals surface area contributed by atoms with Gasteiger partial charge in [0.25, 0.3) is 0 Å². The highest BCUT2D eigenvalue weighted by Gasteiger charge is 2.41. The summed E-state index contributed by atoms with van der Waals surface area (Å²) in [7, 11) is 0. The van der Waals surface area contributed by atoms with Crippen LogP contribution in [0.25, 0.3) is 0 Å². The van der Waals surface area contributed by atoms with E-state index < -0.39 is 11.9 Å². The number of carbonyl (C=O) groups excluding carboxylic acids is 1. The third-order valence-corrected chi connectivity index (χ3v) is 3.78. The molecule has 106 valence electrons. The largest absolute Gasteiger partial charge is 0.481 e. The van der Waals surface area contributed by atoms with Crippen molar-refractivity contribution in [2.45, 2.75) is 19.9 Å². The molecule has 0 bridgehead atoms. The minimum atomic E-state index is -0.934. The van der Waals surface area contributed by atoms with E-state index in [2.05, 4.69) is 6.58 Å². The van der Waals surface area contributed by atoms with Crippen LogP contribution >= 0.6 is 0 Å². The molecule has 0 aliphatic carbocycles. The van der Waals surface area contributed by atoms with Crippen molar-refractivity contribution in [2.75, 3.05) is 6.54 Å². The number of carboxylic acids is 1. The maximum absolute atomic E-state index is 12.4. The Morgan fingerprint density at radius 2 is 2.05 bits per heavy atom. The second kappa shape index (κ2) is 5.90. The molecule has 1 N–H and O–H groups in total. The van der Waals surface area contributed by atoms with E-state index in [-0.39, 0.29) is 18.2 Å². The summed E-state index contributed by atoms with van der Waals surface area (Å²) in [6.07, 6.45) is -0.123. The second-order valence-corrected chi connectivity index (χ2v) is 5.36. The van der Waals surface area contributed by atoms with Gasteiger partial charge in [-0.25, -0.2) is 0 Å². The molecule has 1 heterocycles. The lowest BCUT2D eigenvalue weighted by molar-refractivity contribution is -0.142. The molecule has 4 heteroatoms. The van der Waals surface area contributed by atoms with Gasteiger partial charge < -0.3 is 10.0 Å². The fourth-order valence-corrected chi connectivity index (χ4v) is 2.72. The van der Waals surface area contributed by atoms with Gasteiger partial charge in [-0.2, -0.15) is 0 Å². The normalized spacial score (nSPS) is 22.1. The SMILES string of the molecule is C=C(C)[C@H]1CN(Cc2ccccc2)C(=O)[C@H]1CC(=O)O. The molecule has 0 spiro atoms. The van der Waals surface area contributed by atoms with Crippen LogP contribution in [-0.2, 0) is 16.1 Å². The molecule has 0 unspecified atom stereocenters. The van der Waals surface area contributed by atoms with Crippen LogP contribution in [0.15, 0.2) is 42.5 Å². The molecule has 1 fully saturated rings. The minimum absolute atomic E-state index is 0.0673. The first kappa shape index (κ1) is 14.3. The average Bonchev–Trinajstić information content (AvgIpc) is 2.69. The van der Waals surface area contributed by atoms with E-state index in [0.29, 0.717) is 13.1 Å². The second-order valence-electron chi connectivity index (χ2n) is 5.36. The van der Waals surface area contributed by atoms with Crippen LogP contribution in [-0.4, -0.2) is 28.4 Å². The number of amides is 1. The molecule has 1 aromatic carbocycles. The number of aliphatic carboxylic acids is 1. The zero-order valence-corrected chi connectivity index (χ0v) is 11.6. The lowest BCUT2D eigenvalue weighted by Gasteiger charge is -2.16. The number of carboxylic acid groups (broad SMARTS) is 1. The Labute approximate surface area is 118 Å². The Morgan fingerprint density at radius 1 is 1.40 bits per heavy atom. The summed E-state index contributed by atoms with van der Waals surface area (Å²) in [5.74, 6) is -1.56. The van der Waals surface area contributed by atoms with E-state index >= 15 is 0 Å². The van der Waals surface area contributed by atoms with Crippen molar-refractivity contribution in [3.05, 3.63) is 48.0 Å². The summed E-state index contributed by atoms with van der Waals surface area (Å²) < 4.78 is 0. The summed E-state index contributed by atoms with van der Waals surface area (Å²) in [5, 5.41) is 8.97. The number of likely N-dealkylation sites (tertiary alicyclic amines) is 1. The van der Waals surface area contributed by atoms with Crippen LogP contribution in [0.5, 0.6) is 0 Å². The van der Waals surface area contributed by atoms with Crippen molar-refractivity contribution in [3.8, 4) is 0 Å². The van der Waals surface area contributed by atoms with Gasteiger partial charge in [0.05, 0.1) is 12.3 Å². The van der Waals surface area contributed by atoms with Gasteiger partial charge in [-0.15, -0.1) is 0 Å². The summed E-state index contributed by atoms with van der Waals surface area (Å²) in [5.41, 5.74) is 1.93. The number of benzene rings is 1. The average molecular weight is 273 g/mol. The number of carbonyl (C=O) groups is 2. The zero-order valence-electron chi connectivity index (χ0n) is 11.6. The predicted octanol–water partition coefficient (Wildman–Crippen LogP) is 2.31. The highest BCUT2D eigenvalue weighted by Crippen LogP contribution is 2.33. The van der Waals surface area contributed by atoms with Crippen LogP contribution < -0.4 is 0 Å². The van der Waals surface area contributed by atoms with Gasteiger partial charge >= 0.3 is 5.97 Å². The fourth-order valence-electron chi connectivity index (χ4n) is 2.72. The first-order valence-corrected chi connectivity index (χ1v) is 6.69. The maximum Gasteiger partial charge on any atom is 0.304 e. The Balaban J connectivity index is 2.14. The van der Waals surface area contributed by atoms with Gasteiger partial charge in [-0.3, -0.25) is 9.59 Å². The Kier molecular flexibility index (Phi) is 4.23. The van der Waals surface area contributed by atoms with E-state index in [1.807, 2.05) is 37.3 Å². The van der Waals surface area contributed by atoms with Crippen LogP contribution in [0, 0.1) is 11.8 Å². The van der Waals surface area contributed by atoms with Crippen molar-refractivity contribution in [1.82, 2.24) is 4.90 Å². The van der Waals surface area contributed by atoms with Crippen molar-refractivity contribution in [2.24, 2.45) is 11.8 Å². The van der Waals surface area contributed by atoms with Gasteiger partial charge in [0, 0.05) is 19.0 Å². The molecule has 0 aromatic heterocycles. The Hall–Kier alpha value is -2.10. The van der Waals surface area contributed by atoms with Crippen molar-refractivity contribution in [1.29, 1.82) is 0 Å². The lowest BCUT2D eigenvalue weighted by Crippen LogP contribution is -2.27. The molecule has 1 aliphatic rings. The maximum atomic E-state index is 12.4. The van der Waals surface area contributed by atoms with Gasteiger partial charge in [0.2, 0.25) is 5.91 Å². The molecular formula is C16H19NO3.